The Kier molecular flexibility index (Phi) is 4.65. The first-order chi connectivity index (χ1) is 11.1. The van der Waals surface area contributed by atoms with Gasteiger partial charge in [-0.05, 0) is 23.8 Å². The van der Waals surface area contributed by atoms with E-state index in [0.717, 1.165) is 11.1 Å². The summed E-state index contributed by atoms with van der Waals surface area (Å²) in [6, 6.07) is 16.4. The van der Waals surface area contributed by atoms with Gasteiger partial charge in [-0.1, -0.05) is 59.6 Å². The van der Waals surface area contributed by atoms with E-state index < -0.39 is 0 Å². The van der Waals surface area contributed by atoms with E-state index >= 15 is 0 Å². The molecule has 2 N–H and O–H groups in total. The molecule has 0 aliphatic rings. The van der Waals surface area contributed by atoms with Crippen molar-refractivity contribution >= 4 is 29.1 Å². The van der Waals surface area contributed by atoms with Crippen LogP contribution in [0.25, 0.3) is 11.3 Å². The average Bonchev–Trinajstić information content (AvgIpc) is 3.04. The Morgan fingerprint density at radius 2 is 1.74 bits per heavy atom. The lowest BCUT2D eigenvalue weighted by Gasteiger charge is -2.05. The summed E-state index contributed by atoms with van der Waals surface area (Å²) in [6.45, 7) is 0.346. The van der Waals surface area contributed by atoms with Crippen molar-refractivity contribution in [2.75, 3.05) is 0 Å². The predicted molar refractivity (Wildman–Crippen MR) is 91.7 cm³/mol. The van der Waals surface area contributed by atoms with Crippen molar-refractivity contribution in [3.05, 3.63) is 75.9 Å². The molecule has 3 rings (SSSR count). The summed E-state index contributed by atoms with van der Waals surface area (Å²) in [5, 5.41) is 10.9. The lowest BCUT2D eigenvalue weighted by Crippen LogP contribution is -2.23. The number of carbonyl (C=O) groups is 1. The number of carbonyl (C=O) groups excluding carboxylic acids is 1. The van der Waals surface area contributed by atoms with Crippen molar-refractivity contribution in [1.82, 2.24) is 15.5 Å². The molecule has 2 aromatic carbocycles. The van der Waals surface area contributed by atoms with Gasteiger partial charge in [-0.25, -0.2) is 0 Å². The van der Waals surface area contributed by atoms with Gasteiger partial charge in [-0.2, -0.15) is 5.10 Å². The number of aromatic amines is 1. The molecule has 23 heavy (non-hydrogen) atoms. The van der Waals surface area contributed by atoms with Crippen LogP contribution in [0.4, 0.5) is 0 Å². The second-order valence-corrected chi connectivity index (χ2v) is 5.74. The zero-order valence-corrected chi connectivity index (χ0v) is 13.5. The van der Waals surface area contributed by atoms with Crippen LogP contribution in [0.3, 0.4) is 0 Å². The van der Waals surface area contributed by atoms with Crippen LogP contribution in [0.15, 0.2) is 54.6 Å². The zero-order valence-electron chi connectivity index (χ0n) is 12.0. The average molecular weight is 346 g/mol. The van der Waals surface area contributed by atoms with Crippen LogP contribution in [0.1, 0.15) is 16.1 Å². The molecule has 0 saturated heterocycles. The molecule has 0 aliphatic heterocycles. The van der Waals surface area contributed by atoms with E-state index in [4.69, 9.17) is 23.2 Å². The number of nitrogens with one attached hydrogen (secondary N) is 2. The van der Waals surface area contributed by atoms with E-state index in [1.165, 1.54) is 0 Å². The third-order valence-electron chi connectivity index (χ3n) is 3.37. The van der Waals surface area contributed by atoms with Gasteiger partial charge < -0.3 is 5.32 Å². The predicted octanol–water partition coefficient (Wildman–Crippen LogP) is 4.31. The monoisotopic (exact) mass is 345 g/mol. The zero-order chi connectivity index (χ0) is 16.2. The van der Waals surface area contributed by atoms with Crippen LogP contribution in [0, 0.1) is 0 Å². The summed E-state index contributed by atoms with van der Waals surface area (Å²) < 4.78 is 0. The molecule has 0 fully saturated rings. The Hall–Kier alpha value is -2.30. The minimum Gasteiger partial charge on any atom is -0.347 e. The molecule has 3 aromatic rings. The molecule has 116 valence electrons. The fourth-order valence-corrected chi connectivity index (χ4v) is 2.59. The number of benzene rings is 2. The van der Waals surface area contributed by atoms with Gasteiger partial charge in [0, 0.05) is 17.1 Å². The van der Waals surface area contributed by atoms with Gasteiger partial charge in [0.25, 0.3) is 5.91 Å². The summed E-state index contributed by atoms with van der Waals surface area (Å²) in [5.74, 6) is -0.254. The van der Waals surface area contributed by atoms with Gasteiger partial charge in [0.05, 0.1) is 10.7 Å². The van der Waals surface area contributed by atoms with E-state index in [-0.39, 0.29) is 5.91 Å². The highest BCUT2D eigenvalue weighted by molar-refractivity contribution is 6.33. The normalized spacial score (nSPS) is 10.5. The van der Waals surface area contributed by atoms with Crippen molar-refractivity contribution in [1.29, 1.82) is 0 Å². The summed E-state index contributed by atoms with van der Waals surface area (Å²) in [5.41, 5.74) is 2.62. The van der Waals surface area contributed by atoms with Crippen molar-refractivity contribution in [2.45, 2.75) is 6.54 Å². The fraction of sp³-hybridized carbons (Fsp3) is 0.0588. The highest BCUT2D eigenvalue weighted by Crippen LogP contribution is 2.26. The number of hydrogen-bond donors (Lipinski definition) is 2. The fourth-order valence-electron chi connectivity index (χ4n) is 2.16. The van der Waals surface area contributed by atoms with E-state index in [1.807, 2.05) is 36.4 Å². The molecule has 0 saturated carbocycles. The maximum atomic E-state index is 12.2. The van der Waals surface area contributed by atoms with Gasteiger partial charge in [-0.15, -0.1) is 0 Å². The molecule has 6 heteroatoms. The standard InChI is InChI=1S/C17H13Cl2N3O/c18-13-7-3-1-5-11(13)10-20-17(23)16-9-15(21-22-16)12-6-2-4-8-14(12)19/h1-9H,10H2,(H,20,23)(H,21,22). The van der Waals surface area contributed by atoms with E-state index in [9.17, 15) is 4.79 Å². The maximum absolute atomic E-state index is 12.2. The molecule has 1 amide bonds. The molecule has 1 aromatic heterocycles. The minimum atomic E-state index is -0.254. The molecule has 0 unspecified atom stereocenters. The topological polar surface area (TPSA) is 57.8 Å². The summed E-state index contributed by atoms with van der Waals surface area (Å²) in [7, 11) is 0. The lowest BCUT2D eigenvalue weighted by molar-refractivity contribution is 0.0946. The van der Waals surface area contributed by atoms with Crippen LogP contribution in [-0.2, 0) is 6.54 Å². The number of halogens is 2. The van der Waals surface area contributed by atoms with Gasteiger partial charge in [0.1, 0.15) is 5.69 Å². The first kappa shape index (κ1) is 15.6. The molecule has 4 nitrogen and oxygen atoms in total. The number of H-pyrrole nitrogens is 1. The van der Waals surface area contributed by atoms with E-state index in [2.05, 4.69) is 15.5 Å². The lowest BCUT2D eigenvalue weighted by atomic mass is 10.1. The molecular weight excluding hydrogens is 333 g/mol. The van der Waals surface area contributed by atoms with Crippen molar-refractivity contribution in [2.24, 2.45) is 0 Å². The van der Waals surface area contributed by atoms with Gasteiger partial charge in [0.15, 0.2) is 0 Å². The number of rotatable bonds is 4. The molecule has 0 aliphatic carbocycles. The summed E-state index contributed by atoms with van der Waals surface area (Å²) in [6.07, 6.45) is 0. The number of aromatic nitrogens is 2. The SMILES string of the molecule is O=C(NCc1ccccc1Cl)c1cc(-c2ccccc2Cl)n[nH]1. The third kappa shape index (κ3) is 3.55. The third-order valence-corrected chi connectivity index (χ3v) is 4.07. The Labute approximate surface area is 143 Å². The Balaban J connectivity index is 1.72. The number of nitrogens with zero attached hydrogens (tertiary/aromatic N) is 1. The van der Waals surface area contributed by atoms with Crippen molar-refractivity contribution < 1.29 is 4.79 Å². The Bertz CT molecular complexity index is 845. The Morgan fingerprint density at radius 3 is 2.48 bits per heavy atom. The molecule has 0 radical (unpaired) electrons. The van der Waals surface area contributed by atoms with Crippen molar-refractivity contribution in [3.63, 3.8) is 0 Å². The number of amides is 1. The van der Waals surface area contributed by atoms with Crippen LogP contribution in [-0.4, -0.2) is 16.1 Å². The molecule has 0 atom stereocenters. The molecule has 1 heterocycles. The van der Waals surface area contributed by atoms with Gasteiger partial charge in [-0.3, -0.25) is 9.89 Å². The highest BCUT2D eigenvalue weighted by Gasteiger charge is 2.12. The summed E-state index contributed by atoms with van der Waals surface area (Å²) >= 11 is 12.2. The molecular formula is C17H13Cl2N3O. The highest BCUT2D eigenvalue weighted by atomic mass is 35.5. The molecule has 0 bridgehead atoms. The smallest absolute Gasteiger partial charge is 0.269 e. The maximum Gasteiger partial charge on any atom is 0.269 e. The summed E-state index contributed by atoms with van der Waals surface area (Å²) in [4.78, 5) is 12.2. The second-order valence-electron chi connectivity index (χ2n) is 4.92. The first-order valence-electron chi connectivity index (χ1n) is 6.97. The quantitative estimate of drug-likeness (QED) is 0.739. The van der Waals surface area contributed by atoms with Crippen LogP contribution < -0.4 is 5.32 Å². The van der Waals surface area contributed by atoms with E-state index in [1.54, 1.807) is 18.2 Å². The van der Waals surface area contributed by atoms with Crippen LogP contribution in [0.5, 0.6) is 0 Å². The second kappa shape index (κ2) is 6.86. The molecule has 0 spiro atoms. The van der Waals surface area contributed by atoms with Gasteiger partial charge >= 0.3 is 0 Å². The van der Waals surface area contributed by atoms with Crippen molar-refractivity contribution in [3.8, 4) is 11.3 Å². The Morgan fingerprint density at radius 1 is 1.04 bits per heavy atom. The van der Waals surface area contributed by atoms with Crippen LogP contribution in [0.2, 0.25) is 10.0 Å². The van der Waals surface area contributed by atoms with Crippen LogP contribution >= 0.6 is 23.2 Å². The van der Waals surface area contributed by atoms with Gasteiger partial charge in [0.2, 0.25) is 0 Å². The first-order valence-corrected chi connectivity index (χ1v) is 7.72. The minimum absolute atomic E-state index is 0.254. The largest absolute Gasteiger partial charge is 0.347 e. The number of hydrogen-bond acceptors (Lipinski definition) is 2. The van der Waals surface area contributed by atoms with E-state index in [0.29, 0.717) is 28.0 Å².